The highest BCUT2D eigenvalue weighted by Gasteiger charge is 2.27. The van der Waals surface area contributed by atoms with Gasteiger partial charge < -0.3 is 15.4 Å². The van der Waals surface area contributed by atoms with Gasteiger partial charge in [-0.3, -0.25) is 9.59 Å². The molecule has 2 rings (SSSR count). The van der Waals surface area contributed by atoms with Gasteiger partial charge in [-0.05, 0) is 35.4 Å². The molecule has 0 saturated heterocycles. The van der Waals surface area contributed by atoms with Crippen LogP contribution in [0.15, 0.2) is 53.0 Å². The summed E-state index contributed by atoms with van der Waals surface area (Å²) in [5, 5.41) is 5.19. The Balaban J connectivity index is 2.17. The summed E-state index contributed by atoms with van der Waals surface area (Å²) in [6, 6.07) is 11.2. The van der Waals surface area contributed by atoms with E-state index in [0.29, 0.717) is 5.56 Å². The summed E-state index contributed by atoms with van der Waals surface area (Å²) in [5.41, 5.74) is 1.36. The highest BCUT2D eigenvalue weighted by molar-refractivity contribution is 9.10. The lowest BCUT2D eigenvalue weighted by Crippen LogP contribution is -2.53. The number of hydrogen-bond acceptors (Lipinski definition) is 4. The zero-order valence-electron chi connectivity index (χ0n) is 16.1. The van der Waals surface area contributed by atoms with Gasteiger partial charge in [0.1, 0.15) is 17.9 Å². The molecule has 2 aromatic carbocycles. The number of rotatable bonds is 8. The number of benzene rings is 2. The van der Waals surface area contributed by atoms with E-state index in [1.165, 1.54) is 32.2 Å². The molecule has 29 heavy (non-hydrogen) atoms. The Hall–Kier alpha value is -2.74. The van der Waals surface area contributed by atoms with Crippen LogP contribution in [0.4, 0.5) is 4.39 Å². The number of nitrogens with one attached hydrogen (secondary N) is 2. The normalized spacial score (nSPS) is 12.6. The zero-order chi connectivity index (χ0) is 21.4. The summed E-state index contributed by atoms with van der Waals surface area (Å²) in [5.74, 6) is -2.02. The van der Waals surface area contributed by atoms with Gasteiger partial charge >= 0.3 is 5.97 Å². The van der Waals surface area contributed by atoms with E-state index >= 15 is 0 Å². The maximum absolute atomic E-state index is 13.5. The minimum atomic E-state index is -0.969. The first kappa shape index (κ1) is 22.5. The van der Waals surface area contributed by atoms with Crippen molar-refractivity contribution in [2.75, 3.05) is 7.11 Å². The van der Waals surface area contributed by atoms with Gasteiger partial charge in [0, 0.05) is 24.2 Å². The highest BCUT2D eigenvalue weighted by Crippen LogP contribution is 2.14. The molecule has 2 aromatic rings. The van der Waals surface area contributed by atoms with E-state index < -0.39 is 35.7 Å². The predicted octanol–water partition coefficient (Wildman–Crippen LogP) is 2.54. The molecular formula is C21H22BrFN2O4. The molecule has 154 valence electrons. The van der Waals surface area contributed by atoms with Crippen molar-refractivity contribution >= 4 is 33.7 Å². The third kappa shape index (κ3) is 7.30. The summed E-state index contributed by atoms with van der Waals surface area (Å²) in [7, 11) is 1.24. The van der Waals surface area contributed by atoms with Crippen LogP contribution >= 0.6 is 15.9 Å². The number of carbonyl (C=O) groups excluding carboxylic acids is 3. The third-order valence-corrected chi connectivity index (χ3v) is 4.65. The standard InChI is InChI=1S/C21H22BrFN2O4/c1-13(26)24-18(11-15-6-4-8-17(23)10-15)20(27)25-19(21(28)29-2)12-14-5-3-7-16(22)9-14/h3-10,18-19H,11-12H2,1-2H3,(H,24,26)(H,25,27)/t18-,19-/m0/s1. The maximum atomic E-state index is 13.5. The van der Waals surface area contributed by atoms with E-state index in [0.717, 1.165) is 10.0 Å². The third-order valence-electron chi connectivity index (χ3n) is 4.15. The molecule has 6 nitrogen and oxygen atoms in total. The largest absolute Gasteiger partial charge is 0.467 e. The van der Waals surface area contributed by atoms with Crippen LogP contribution < -0.4 is 10.6 Å². The maximum Gasteiger partial charge on any atom is 0.328 e. The van der Waals surface area contributed by atoms with Gasteiger partial charge in [0.15, 0.2) is 0 Å². The molecule has 0 aliphatic carbocycles. The van der Waals surface area contributed by atoms with Crippen molar-refractivity contribution < 1.29 is 23.5 Å². The Bertz CT molecular complexity index is 890. The van der Waals surface area contributed by atoms with Gasteiger partial charge in [0.25, 0.3) is 0 Å². The fraction of sp³-hybridized carbons (Fsp3) is 0.286. The van der Waals surface area contributed by atoms with Crippen LogP contribution in [0.1, 0.15) is 18.1 Å². The number of methoxy groups -OCH3 is 1. The van der Waals surface area contributed by atoms with Crippen molar-refractivity contribution in [2.24, 2.45) is 0 Å². The van der Waals surface area contributed by atoms with E-state index in [-0.39, 0.29) is 12.8 Å². The summed E-state index contributed by atoms with van der Waals surface area (Å²) in [6.07, 6.45) is 0.290. The predicted molar refractivity (Wildman–Crippen MR) is 110 cm³/mol. The van der Waals surface area contributed by atoms with E-state index in [1.807, 2.05) is 24.3 Å². The number of esters is 1. The topological polar surface area (TPSA) is 84.5 Å². The van der Waals surface area contributed by atoms with Gasteiger partial charge in [-0.1, -0.05) is 40.2 Å². The lowest BCUT2D eigenvalue weighted by Gasteiger charge is -2.22. The van der Waals surface area contributed by atoms with Crippen molar-refractivity contribution in [2.45, 2.75) is 31.8 Å². The number of amides is 2. The highest BCUT2D eigenvalue weighted by atomic mass is 79.9. The summed E-state index contributed by atoms with van der Waals surface area (Å²) < 4.78 is 19.1. The van der Waals surface area contributed by atoms with E-state index in [1.54, 1.807) is 6.07 Å². The molecule has 2 amide bonds. The van der Waals surface area contributed by atoms with E-state index in [2.05, 4.69) is 26.6 Å². The number of halogens is 2. The molecule has 0 fully saturated rings. The molecule has 0 unspecified atom stereocenters. The minimum absolute atomic E-state index is 0.0773. The number of carbonyl (C=O) groups is 3. The first-order valence-electron chi connectivity index (χ1n) is 8.92. The van der Waals surface area contributed by atoms with E-state index in [9.17, 15) is 18.8 Å². The van der Waals surface area contributed by atoms with Crippen molar-refractivity contribution in [1.29, 1.82) is 0 Å². The Labute approximate surface area is 177 Å². The monoisotopic (exact) mass is 464 g/mol. The fourth-order valence-electron chi connectivity index (χ4n) is 2.86. The van der Waals surface area contributed by atoms with Crippen molar-refractivity contribution in [3.8, 4) is 0 Å². The molecule has 8 heteroatoms. The van der Waals surface area contributed by atoms with Crippen LogP contribution in [0.2, 0.25) is 0 Å². The molecular weight excluding hydrogens is 443 g/mol. The van der Waals surface area contributed by atoms with Crippen molar-refractivity contribution in [3.05, 3.63) is 69.9 Å². The molecule has 0 bridgehead atoms. The first-order chi connectivity index (χ1) is 13.8. The average Bonchev–Trinajstić information content (AvgIpc) is 2.66. The van der Waals surface area contributed by atoms with Gasteiger partial charge in [0.2, 0.25) is 11.8 Å². The zero-order valence-corrected chi connectivity index (χ0v) is 17.7. The van der Waals surface area contributed by atoms with Crippen molar-refractivity contribution in [3.63, 3.8) is 0 Å². The Morgan fingerprint density at radius 1 is 1.00 bits per heavy atom. The summed E-state index contributed by atoms with van der Waals surface area (Å²) in [6.45, 7) is 1.28. The second-order valence-electron chi connectivity index (χ2n) is 6.51. The lowest BCUT2D eigenvalue weighted by molar-refractivity contribution is -0.145. The van der Waals surface area contributed by atoms with Crippen LogP contribution in [-0.2, 0) is 32.0 Å². The molecule has 0 saturated carbocycles. The second-order valence-corrected chi connectivity index (χ2v) is 7.42. The van der Waals surface area contributed by atoms with Crippen LogP contribution in [0.25, 0.3) is 0 Å². The smallest absolute Gasteiger partial charge is 0.328 e. The second kappa shape index (κ2) is 10.7. The minimum Gasteiger partial charge on any atom is -0.467 e. The van der Waals surface area contributed by atoms with Crippen molar-refractivity contribution in [1.82, 2.24) is 10.6 Å². The fourth-order valence-corrected chi connectivity index (χ4v) is 3.31. The Kier molecular flexibility index (Phi) is 8.33. The van der Waals surface area contributed by atoms with Crippen LogP contribution in [-0.4, -0.2) is 37.0 Å². The van der Waals surface area contributed by atoms with Gasteiger partial charge in [0.05, 0.1) is 7.11 Å². The Morgan fingerprint density at radius 3 is 2.21 bits per heavy atom. The molecule has 0 aliphatic heterocycles. The van der Waals surface area contributed by atoms with Gasteiger partial charge in [-0.2, -0.15) is 0 Å². The SMILES string of the molecule is COC(=O)[C@H](Cc1cccc(Br)c1)NC(=O)[C@H](Cc1cccc(F)c1)NC(C)=O. The molecule has 2 N–H and O–H groups in total. The van der Waals surface area contributed by atoms with Crippen LogP contribution in [0.5, 0.6) is 0 Å². The van der Waals surface area contributed by atoms with Crippen LogP contribution in [0.3, 0.4) is 0 Å². The summed E-state index contributed by atoms with van der Waals surface area (Å²) >= 11 is 3.37. The van der Waals surface area contributed by atoms with Gasteiger partial charge in [-0.25, -0.2) is 9.18 Å². The van der Waals surface area contributed by atoms with E-state index in [4.69, 9.17) is 4.74 Å². The number of ether oxygens (including phenoxy) is 1. The lowest BCUT2D eigenvalue weighted by atomic mass is 10.0. The molecule has 0 aromatic heterocycles. The average molecular weight is 465 g/mol. The van der Waals surface area contributed by atoms with Gasteiger partial charge in [-0.15, -0.1) is 0 Å². The molecule has 0 spiro atoms. The molecule has 0 aliphatic rings. The van der Waals surface area contributed by atoms with Crippen LogP contribution in [0, 0.1) is 5.82 Å². The molecule has 2 atom stereocenters. The molecule has 0 radical (unpaired) electrons. The Morgan fingerprint density at radius 2 is 1.62 bits per heavy atom. The first-order valence-corrected chi connectivity index (χ1v) is 9.72. The quantitative estimate of drug-likeness (QED) is 0.587. The molecule has 0 heterocycles. The number of hydrogen-bond donors (Lipinski definition) is 2. The summed E-state index contributed by atoms with van der Waals surface area (Å²) in [4.78, 5) is 36.6.